The number of aromatic nitrogens is 2. The highest BCUT2D eigenvalue weighted by atomic mass is 16.3. The van der Waals surface area contributed by atoms with Gasteiger partial charge in [0.2, 0.25) is 0 Å². The minimum absolute atomic E-state index is 0.0723. The van der Waals surface area contributed by atoms with E-state index in [1.807, 2.05) is 12.1 Å². The molecule has 2 aromatic heterocycles. The van der Waals surface area contributed by atoms with Gasteiger partial charge in [-0.2, -0.15) is 0 Å². The first kappa shape index (κ1) is 13.8. The fraction of sp³-hybridized carbons (Fsp3) is 0.400. The molecule has 2 aromatic rings. The number of nitrogens with zero attached hydrogens (tertiary/aromatic N) is 3. The number of hydrogen-bond acceptors (Lipinski definition) is 5. The standard InChI is InChI=1S/C15H18N4O2/c20-15(12-10-16-5-6-17-12)18-11-13(14-4-3-9-21-14)19-7-1-2-8-19/h3-6,9-10,13H,1-2,7-8,11H2,(H,18,20). The van der Waals surface area contributed by atoms with Crippen molar-refractivity contribution in [2.24, 2.45) is 0 Å². The molecule has 6 nitrogen and oxygen atoms in total. The fourth-order valence-electron chi connectivity index (χ4n) is 2.64. The molecule has 0 spiro atoms. The molecule has 6 heteroatoms. The number of amides is 1. The maximum absolute atomic E-state index is 12.1. The van der Waals surface area contributed by atoms with Gasteiger partial charge in [-0.25, -0.2) is 4.98 Å². The molecule has 1 fully saturated rings. The van der Waals surface area contributed by atoms with Gasteiger partial charge in [0.05, 0.1) is 18.5 Å². The van der Waals surface area contributed by atoms with Crippen molar-refractivity contribution in [2.75, 3.05) is 19.6 Å². The zero-order valence-electron chi connectivity index (χ0n) is 11.7. The van der Waals surface area contributed by atoms with E-state index in [0.29, 0.717) is 12.2 Å². The van der Waals surface area contributed by atoms with Gasteiger partial charge in [-0.15, -0.1) is 0 Å². The Morgan fingerprint density at radius 3 is 2.90 bits per heavy atom. The van der Waals surface area contributed by atoms with Crippen molar-refractivity contribution in [1.82, 2.24) is 20.2 Å². The van der Waals surface area contributed by atoms with Gasteiger partial charge in [0.1, 0.15) is 11.5 Å². The average Bonchev–Trinajstić information content (AvgIpc) is 3.22. The maximum atomic E-state index is 12.1. The molecular formula is C15H18N4O2. The molecule has 1 atom stereocenters. The molecule has 21 heavy (non-hydrogen) atoms. The molecule has 3 heterocycles. The smallest absolute Gasteiger partial charge is 0.271 e. The topological polar surface area (TPSA) is 71.3 Å². The summed E-state index contributed by atoms with van der Waals surface area (Å²) in [6.45, 7) is 2.57. The molecule has 1 amide bonds. The highest BCUT2D eigenvalue weighted by Gasteiger charge is 2.26. The fourth-order valence-corrected chi connectivity index (χ4v) is 2.64. The lowest BCUT2D eigenvalue weighted by Crippen LogP contribution is -2.36. The Kier molecular flexibility index (Phi) is 4.25. The number of nitrogens with one attached hydrogen (secondary N) is 1. The third kappa shape index (κ3) is 3.28. The molecule has 0 aromatic carbocycles. The Hall–Kier alpha value is -2.21. The van der Waals surface area contributed by atoms with E-state index < -0.39 is 0 Å². The molecule has 1 aliphatic heterocycles. The monoisotopic (exact) mass is 286 g/mol. The Balaban J connectivity index is 1.66. The van der Waals surface area contributed by atoms with Crippen LogP contribution in [0.4, 0.5) is 0 Å². The lowest BCUT2D eigenvalue weighted by Gasteiger charge is -2.25. The summed E-state index contributed by atoms with van der Waals surface area (Å²) in [6.07, 6.45) is 8.58. The lowest BCUT2D eigenvalue weighted by atomic mass is 10.2. The van der Waals surface area contributed by atoms with Crippen molar-refractivity contribution in [2.45, 2.75) is 18.9 Å². The number of likely N-dealkylation sites (tertiary alicyclic amines) is 1. The van der Waals surface area contributed by atoms with E-state index in [4.69, 9.17) is 4.42 Å². The number of rotatable bonds is 5. The normalized spacial score (nSPS) is 16.8. The van der Waals surface area contributed by atoms with Crippen molar-refractivity contribution < 1.29 is 9.21 Å². The van der Waals surface area contributed by atoms with Gasteiger partial charge in [0, 0.05) is 18.9 Å². The molecular weight excluding hydrogens is 268 g/mol. The van der Waals surface area contributed by atoms with Gasteiger partial charge in [0.25, 0.3) is 5.91 Å². The van der Waals surface area contributed by atoms with Gasteiger partial charge in [-0.1, -0.05) is 0 Å². The van der Waals surface area contributed by atoms with Gasteiger partial charge in [0.15, 0.2) is 0 Å². The molecule has 0 saturated carbocycles. The minimum Gasteiger partial charge on any atom is -0.468 e. The molecule has 1 aliphatic rings. The Labute approximate surface area is 123 Å². The first-order valence-corrected chi connectivity index (χ1v) is 7.16. The molecule has 1 unspecified atom stereocenters. The van der Waals surface area contributed by atoms with Crippen LogP contribution < -0.4 is 5.32 Å². The highest BCUT2D eigenvalue weighted by Crippen LogP contribution is 2.24. The third-order valence-corrected chi connectivity index (χ3v) is 3.70. The van der Waals surface area contributed by atoms with Crippen LogP contribution in [0.3, 0.4) is 0 Å². The average molecular weight is 286 g/mol. The second kappa shape index (κ2) is 6.49. The molecule has 0 radical (unpaired) electrons. The van der Waals surface area contributed by atoms with Gasteiger partial charge in [-0.05, 0) is 38.1 Å². The predicted octanol–water partition coefficient (Wildman–Crippen LogP) is 1.64. The van der Waals surface area contributed by atoms with E-state index in [-0.39, 0.29) is 11.9 Å². The summed E-state index contributed by atoms with van der Waals surface area (Å²) < 4.78 is 5.53. The number of carbonyl (C=O) groups excluding carboxylic acids is 1. The molecule has 3 rings (SSSR count). The van der Waals surface area contributed by atoms with Crippen molar-refractivity contribution in [1.29, 1.82) is 0 Å². The van der Waals surface area contributed by atoms with Crippen LogP contribution in [-0.4, -0.2) is 40.4 Å². The first-order chi connectivity index (χ1) is 10.3. The largest absolute Gasteiger partial charge is 0.468 e. The molecule has 0 bridgehead atoms. The van der Waals surface area contributed by atoms with E-state index in [9.17, 15) is 4.79 Å². The Morgan fingerprint density at radius 2 is 2.24 bits per heavy atom. The second-order valence-corrected chi connectivity index (χ2v) is 5.07. The van der Waals surface area contributed by atoms with E-state index in [0.717, 1.165) is 18.8 Å². The van der Waals surface area contributed by atoms with Crippen LogP contribution in [-0.2, 0) is 0 Å². The van der Waals surface area contributed by atoms with Crippen LogP contribution in [0.2, 0.25) is 0 Å². The van der Waals surface area contributed by atoms with Crippen LogP contribution in [0.15, 0.2) is 41.4 Å². The highest BCUT2D eigenvalue weighted by molar-refractivity contribution is 5.91. The minimum atomic E-state index is -0.209. The van der Waals surface area contributed by atoms with Crippen LogP contribution in [0.25, 0.3) is 0 Å². The second-order valence-electron chi connectivity index (χ2n) is 5.07. The third-order valence-electron chi connectivity index (χ3n) is 3.70. The van der Waals surface area contributed by atoms with Crippen LogP contribution in [0, 0.1) is 0 Å². The van der Waals surface area contributed by atoms with Gasteiger partial charge < -0.3 is 9.73 Å². The van der Waals surface area contributed by atoms with E-state index >= 15 is 0 Å². The van der Waals surface area contributed by atoms with E-state index in [1.165, 1.54) is 25.2 Å². The number of hydrogen-bond donors (Lipinski definition) is 1. The first-order valence-electron chi connectivity index (χ1n) is 7.16. The molecule has 1 N–H and O–H groups in total. The summed E-state index contributed by atoms with van der Waals surface area (Å²) in [5.41, 5.74) is 0.331. The van der Waals surface area contributed by atoms with Crippen molar-refractivity contribution in [3.63, 3.8) is 0 Å². The quantitative estimate of drug-likeness (QED) is 0.904. The number of carbonyl (C=O) groups is 1. The summed E-state index contributed by atoms with van der Waals surface area (Å²) in [5, 5.41) is 2.92. The summed E-state index contributed by atoms with van der Waals surface area (Å²) in [7, 11) is 0. The lowest BCUT2D eigenvalue weighted by molar-refractivity contribution is 0.0928. The number of furan rings is 1. The van der Waals surface area contributed by atoms with E-state index in [2.05, 4.69) is 20.2 Å². The molecule has 1 saturated heterocycles. The predicted molar refractivity (Wildman–Crippen MR) is 76.6 cm³/mol. The van der Waals surface area contributed by atoms with E-state index in [1.54, 1.807) is 12.5 Å². The van der Waals surface area contributed by atoms with Crippen LogP contribution >= 0.6 is 0 Å². The zero-order valence-corrected chi connectivity index (χ0v) is 11.7. The van der Waals surface area contributed by atoms with Crippen LogP contribution in [0.1, 0.15) is 35.1 Å². The summed E-state index contributed by atoms with van der Waals surface area (Å²) in [4.78, 5) is 22.3. The molecule has 0 aliphatic carbocycles. The molecule has 110 valence electrons. The zero-order chi connectivity index (χ0) is 14.5. The SMILES string of the molecule is O=C(NCC(c1ccco1)N1CCCC1)c1cnccn1. The van der Waals surface area contributed by atoms with Crippen molar-refractivity contribution >= 4 is 5.91 Å². The van der Waals surface area contributed by atoms with Crippen LogP contribution in [0.5, 0.6) is 0 Å². The Bertz CT molecular complexity index is 565. The van der Waals surface area contributed by atoms with Crippen molar-refractivity contribution in [3.05, 3.63) is 48.4 Å². The van der Waals surface area contributed by atoms with Gasteiger partial charge in [-0.3, -0.25) is 14.7 Å². The van der Waals surface area contributed by atoms with Crippen molar-refractivity contribution in [3.8, 4) is 0 Å². The maximum Gasteiger partial charge on any atom is 0.271 e. The summed E-state index contributed by atoms with van der Waals surface area (Å²) >= 11 is 0. The van der Waals surface area contributed by atoms with Gasteiger partial charge >= 0.3 is 0 Å². The Morgan fingerprint density at radius 1 is 1.38 bits per heavy atom. The summed E-state index contributed by atoms with van der Waals surface area (Å²) in [5.74, 6) is 0.676. The summed E-state index contributed by atoms with van der Waals surface area (Å²) in [6, 6.07) is 3.91.